The van der Waals surface area contributed by atoms with Gasteiger partial charge in [0.15, 0.2) is 9.84 Å². The molecule has 13 nitrogen and oxygen atoms in total. The zero-order chi connectivity index (χ0) is 32.1. The Kier molecular flexibility index (Phi) is 8.27. The van der Waals surface area contributed by atoms with E-state index in [9.17, 15) is 32.7 Å². The van der Waals surface area contributed by atoms with Crippen LogP contribution in [0.25, 0.3) is 10.9 Å². The third-order valence-electron chi connectivity index (χ3n) is 7.98. The molecular weight excluding hydrogens is 590 g/mol. The van der Waals surface area contributed by atoms with Gasteiger partial charge in [0, 0.05) is 68.6 Å². The van der Waals surface area contributed by atoms with Crippen molar-refractivity contribution in [1.29, 1.82) is 0 Å². The maximum absolute atomic E-state index is 13.5. The molecule has 3 heterocycles. The SMILES string of the molecule is Cn1cc2c3c(c(C(=O)NCCNC(=O)OC(C)(C)C)[nH]c3c1=O)CN(CC1CC1)C1C=C(C(=O)O)C(CS(C)(=O)=O)=CC21. The Hall–Kier alpha value is -3.91. The molecule has 5 rings (SSSR count). The molecule has 2 aromatic heterocycles. The number of aryl methyl sites for hydroxylation is 1. The summed E-state index contributed by atoms with van der Waals surface area (Å²) in [5, 5.41) is 16.0. The minimum absolute atomic E-state index is 0.0536. The van der Waals surface area contributed by atoms with E-state index in [1.54, 1.807) is 46.2 Å². The quantitative estimate of drug-likeness (QED) is 0.301. The van der Waals surface area contributed by atoms with Crippen molar-refractivity contribution in [2.24, 2.45) is 13.0 Å². The number of aliphatic carboxylic acids is 1. The minimum Gasteiger partial charge on any atom is -0.478 e. The highest BCUT2D eigenvalue weighted by molar-refractivity contribution is 7.90. The lowest BCUT2D eigenvalue weighted by atomic mass is 9.82. The molecule has 2 aromatic rings. The summed E-state index contributed by atoms with van der Waals surface area (Å²) in [5.41, 5.74) is 0.928. The normalized spacial score (nSPS) is 20.3. The van der Waals surface area contributed by atoms with Crippen LogP contribution in [0.5, 0.6) is 0 Å². The van der Waals surface area contributed by atoms with Gasteiger partial charge in [0.1, 0.15) is 16.8 Å². The van der Waals surface area contributed by atoms with Crippen LogP contribution in [0.1, 0.15) is 61.1 Å². The van der Waals surface area contributed by atoms with Crippen LogP contribution in [0.2, 0.25) is 0 Å². The van der Waals surface area contributed by atoms with Gasteiger partial charge in [-0.1, -0.05) is 12.2 Å². The van der Waals surface area contributed by atoms with Gasteiger partial charge < -0.3 is 30.0 Å². The number of aromatic nitrogens is 2. The van der Waals surface area contributed by atoms with Gasteiger partial charge in [0.05, 0.1) is 11.3 Å². The number of H-pyrrole nitrogens is 1. The Labute approximate surface area is 255 Å². The average molecular weight is 630 g/mol. The van der Waals surface area contributed by atoms with Crippen LogP contribution in [-0.2, 0) is 33.0 Å². The van der Waals surface area contributed by atoms with E-state index in [1.165, 1.54) is 4.57 Å². The van der Waals surface area contributed by atoms with Crippen molar-refractivity contribution in [3.05, 3.63) is 56.7 Å². The molecule has 0 spiro atoms. The summed E-state index contributed by atoms with van der Waals surface area (Å²) in [4.78, 5) is 56.4. The second-order valence-electron chi connectivity index (χ2n) is 13.0. The number of sulfone groups is 1. The summed E-state index contributed by atoms with van der Waals surface area (Å²) in [6, 6.07) is -0.438. The Morgan fingerprint density at radius 3 is 2.43 bits per heavy atom. The fourth-order valence-electron chi connectivity index (χ4n) is 6.01. The zero-order valence-electron chi connectivity index (χ0n) is 25.5. The summed E-state index contributed by atoms with van der Waals surface area (Å²) in [6.45, 7) is 6.41. The van der Waals surface area contributed by atoms with Crippen LogP contribution >= 0.6 is 0 Å². The van der Waals surface area contributed by atoms with Gasteiger partial charge in [-0.2, -0.15) is 0 Å². The molecule has 2 unspecified atom stereocenters. The standard InChI is InChI=1S/C30H39N5O8S/c1-30(2,3)43-29(40)32-9-8-31-26(36)24-21-14-35(12-16-6-7-16)22-11-18(28(38)39)17(15-44(5,41)42)10-19(22)20-13-34(4)27(37)25(33-24)23(20)21/h10-11,13,16,19,22,33H,6-9,12,14-15H2,1-5H3,(H,31,36)(H,32,40)(H,38,39). The molecule has 44 heavy (non-hydrogen) atoms. The molecule has 0 bridgehead atoms. The first-order chi connectivity index (χ1) is 20.5. The predicted octanol–water partition coefficient (Wildman–Crippen LogP) is 1.79. The van der Waals surface area contributed by atoms with Gasteiger partial charge in [-0.15, -0.1) is 0 Å². The van der Waals surface area contributed by atoms with E-state index in [0.717, 1.165) is 19.1 Å². The Morgan fingerprint density at radius 2 is 1.82 bits per heavy atom. The van der Waals surface area contributed by atoms with E-state index in [-0.39, 0.29) is 47.6 Å². The number of carboxylic acids is 1. The van der Waals surface area contributed by atoms with Gasteiger partial charge in [-0.05, 0) is 50.7 Å². The van der Waals surface area contributed by atoms with Crippen LogP contribution in [0, 0.1) is 5.92 Å². The minimum atomic E-state index is -3.55. The number of carboxylic acid groups (broad SMARTS) is 1. The molecule has 14 heteroatoms. The summed E-state index contributed by atoms with van der Waals surface area (Å²) >= 11 is 0. The van der Waals surface area contributed by atoms with Crippen molar-refractivity contribution < 1.29 is 32.6 Å². The number of ether oxygens (including phenoxy) is 1. The summed E-state index contributed by atoms with van der Waals surface area (Å²) in [6.07, 6.45) is 7.56. The molecule has 2 aliphatic carbocycles. The van der Waals surface area contributed by atoms with E-state index in [1.807, 2.05) is 0 Å². The number of amides is 2. The molecule has 1 aliphatic heterocycles. The van der Waals surface area contributed by atoms with Crippen molar-refractivity contribution in [3.63, 3.8) is 0 Å². The van der Waals surface area contributed by atoms with E-state index in [2.05, 4.69) is 20.5 Å². The molecule has 3 aliphatic rings. The lowest BCUT2D eigenvalue weighted by Gasteiger charge is -2.36. The number of nitrogens with one attached hydrogen (secondary N) is 3. The van der Waals surface area contributed by atoms with Crippen LogP contribution in [-0.4, -0.2) is 89.2 Å². The molecule has 238 valence electrons. The Balaban J connectivity index is 1.55. The van der Waals surface area contributed by atoms with Crippen molar-refractivity contribution in [3.8, 4) is 0 Å². The number of nitrogens with zero attached hydrogens (tertiary/aromatic N) is 2. The lowest BCUT2D eigenvalue weighted by Crippen LogP contribution is -2.41. The number of fused-ring (bicyclic) bond motifs is 2. The monoisotopic (exact) mass is 629 g/mol. The van der Waals surface area contributed by atoms with E-state index in [0.29, 0.717) is 29.0 Å². The summed E-state index contributed by atoms with van der Waals surface area (Å²) < 4.78 is 31.2. The Bertz CT molecular complexity index is 1760. The molecule has 2 amide bonds. The van der Waals surface area contributed by atoms with Gasteiger partial charge >= 0.3 is 12.1 Å². The second-order valence-corrected chi connectivity index (χ2v) is 15.1. The number of alkyl carbamates (subject to hydrolysis) is 1. The molecular formula is C30H39N5O8S. The number of rotatable bonds is 9. The molecule has 0 radical (unpaired) electrons. The number of hydrogen-bond acceptors (Lipinski definition) is 8. The van der Waals surface area contributed by atoms with Crippen LogP contribution in [0.15, 0.2) is 34.3 Å². The van der Waals surface area contributed by atoms with Crippen molar-refractivity contribution in [2.75, 3.05) is 31.6 Å². The average Bonchev–Trinajstić information content (AvgIpc) is 3.65. The summed E-state index contributed by atoms with van der Waals surface area (Å²) in [5.74, 6) is -2.15. The molecule has 0 saturated heterocycles. The van der Waals surface area contributed by atoms with Crippen molar-refractivity contribution >= 4 is 38.7 Å². The van der Waals surface area contributed by atoms with Crippen LogP contribution < -0.4 is 16.2 Å². The highest BCUT2D eigenvalue weighted by Gasteiger charge is 2.41. The van der Waals surface area contributed by atoms with Gasteiger partial charge in [-0.25, -0.2) is 18.0 Å². The lowest BCUT2D eigenvalue weighted by molar-refractivity contribution is -0.132. The predicted molar refractivity (Wildman–Crippen MR) is 163 cm³/mol. The molecule has 0 aromatic carbocycles. The third kappa shape index (κ3) is 6.75. The molecule has 4 N–H and O–H groups in total. The van der Waals surface area contributed by atoms with Gasteiger partial charge in [0.2, 0.25) is 0 Å². The van der Waals surface area contributed by atoms with Gasteiger partial charge in [0.25, 0.3) is 11.5 Å². The zero-order valence-corrected chi connectivity index (χ0v) is 26.3. The molecule has 1 fully saturated rings. The maximum Gasteiger partial charge on any atom is 0.407 e. The first-order valence-electron chi connectivity index (χ1n) is 14.6. The first kappa shape index (κ1) is 31.5. The third-order valence-corrected chi connectivity index (χ3v) is 8.81. The van der Waals surface area contributed by atoms with Crippen LogP contribution in [0.4, 0.5) is 4.79 Å². The number of pyridine rings is 1. The molecule has 2 atom stereocenters. The highest BCUT2D eigenvalue weighted by Crippen LogP contribution is 2.44. The second kappa shape index (κ2) is 11.5. The van der Waals surface area contributed by atoms with Crippen LogP contribution in [0.3, 0.4) is 0 Å². The van der Waals surface area contributed by atoms with E-state index < -0.39 is 51.1 Å². The highest BCUT2D eigenvalue weighted by atomic mass is 32.2. The number of carbonyl (C=O) groups excluding carboxylic acids is 2. The Morgan fingerprint density at radius 1 is 1.14 bits per heavy atom. The number of hydrogen-bond donors (Lipinski definition) is 4. The smallest absolute Gasteiger partial charge is 0.407 e. The maximum atomic E-state index is 13.5. The fourth-order valence-corrected chi connectivity index (χ4v) is 6.83. The summed E-state index contributed by atoms with van der Waals surface area (Å²) in [7, 11) is -1.95. The first-order valence-corrected chi connectivity index (χ1v) is 16.7. The topological polar surface area (TPSA) is 180 Å². The van der Waals surface area contributed by atoms with Gasteiger partial charge in [-0.3, -0.25) is 14.5 Å². The number of carbonyl (C=O) groups is 3. The largest absolute Gasteiger partial charge is 0.478 e. The molecule has 1 saturated carbocycles. The number of aromatic amines is 1. The fraction of sp³-hybridized carbons (Fsp3) is 0.533. The van der Waals surface area contributed by atoms with E-state index >= 15 is 0 Å². The van der Waals surface area contributed by atoms with Crippen molar-refractivity contribution in [1.82, 2.24) is 25.1 Å². The van der Waals surface area contributed by atoms with E-state index in [4.69, 9.17) is 4.74 Å². The van der Waals surface area contributed by atoms with Crippen molar-refractivity contribution in [2.45, 2.75) is 57.7 Å².